The predicted molar refractivity (Wildman–Crippen MR) is 71.9 cm³/mol. The quantitative estimate of drug-likeness (QED) is 0.718. The van der Waals surface area contributed by atoms with Gasteiger partial charge in [-0.2, -0.15) is 0 Å². The van der Waals surface area contributed by atoms with Crippen LogP contribution in [0.2, 0.25) is 0 Å². The van der Waals surface area contributed by atoms with Crippen LogP contribution in [0.5, 0.6) is 0 Å². The molecule has 0 aromatic heterocycles. The topological polar surface area (TPSA) is 15.3 Å². The minimum absolute atomic E-state index is 0.321. The summed E-state index contributed by atoms with van der Waals surface area (Å²) in [6.45, 7) is 13.1. The van der Waals surface area contributed by atoms with Crippen molar-refractivity contribution < 1.29 is 0 Å². The zero-order valence-corrected chi connectivity index (χ0v) is 11.7. The number of nitrogens with one attached hydrogen (secondary N) is 1. The molecular weight excluding hydrogens is 196 g/mol. The summed E-state index contributed by atoms with van der Waals surface area (Å²) in [5, 5.41) is 3.75. The van der Waals surface area contributed by atoms with Gasteiger partial charge in [0.2, 0.25) is 0 Å². The van der Waals surface area contributed by atoms with Crippen LogP contribution < -0.4 is 5.32 Å². The van der Waals surface area contributed by atoms with Gasteiger partial charge in [-0.3, -0.25) is 4.90 Å². The Hall–Kier alpha value is -0.0800. The molecular formula is C14H30N2. The van der Waals surface area contributed by atoms with Gasteiger partial charge < -0.3 is 5.32 Å². The van der Waals surface area contributed by atoms with Gasteiger partial charge in [0.05, 0.1) is 0 Å². The third kappa shape index (κ3) is 3.46. The zero-order valence-electron chi connectivity index (χ0n) is 11.7. The van der Waals surface area contributed by atoms with E-state index in [1.807, 2.05) is 0 Å². The lowest BCUT2D eigenvalue weighted by Crippen LogP contribution is -2.57. The van der Waals surface area contributed by atoms with E-state index in [0.717, 1.165) is 6.54 Å². The monoisotopic (exact) mass is 226 g/mol. The Morgan fingerprint density at radius 3 is 2.25 bits per heavy atom. The van der Waals surface area contributed by atoms with E-state index in [4.69, 9.17) is 0 Å². The van der Waals surface area contributed by atoms with E-state index in [1.165, 1.54) is 45.2 Å². The van der Waals surface area contributed by atoms with Crippen LogP contribution in [-0.4, -0.2) is 36.1 Å². The average Bonchev–Trinajstić information content (AvgIpc) is 2.77. The molecule has 0 radical (unpaired) electrons. The van der Waals surface area contributed by atoms with Gasteiger partial charge in [-0.25, -0.2) is 0 Å². The molecule has 0 amide bonds. The van der Waals surface area contributed by atoms with Crippen molar-refractivity contribution in [1.29, 1.82) is 0 Å². The predicted octanol–water partition coefficient (Wildman–Crippen LogP) is 3.03. The van der Waals surface area contributed by atoms with E-state index in [0.29, 0.717) is 11.6 Å². The summed E-state index contributed by atoms with van der Waals surface area (Å²) in [4.78, 5) is 2.68. The van der Waals surface area contributed by atoms with E-state index in [2.05, 4.69) is 37.9 Å². The maximum atomic E-state index is 3.75. The van der Waals surface area contributed by atoms with E-state index in [9.17, 15) is 0 Å². The van der Waals surface area contributed by atoms with Crippen molar-refractivity contribution >= 4 is 0 Å². The molecule has 96 valence electrons. The van der Waals surface area contributed by atoms with Crippen LogP contribution in [-0.2, 0) is 0 Å². The second kappa shape index (κ2) is 6.61. The van der Waals surface area contributed by atoms with Gasteiger partial charge in [0, 0.05) is 11.6 Å². The van der Waals surface area contributed by atoms with Crippen molar-refractivity contribution in [1.82, 2.24) is 10.2 Å². The lowest BCUT2D eigenvalue weighted by Gasteiger charge is -2.42. The molecule has 1 aliphatic rings. The normalized spacial score (nSPS) is 20.2. The molecule has 1 atom stereocenters. The van der Waals surface area contributed by atoms with Crippen LogP contribution in [0.3, 0.4) is 0 Å². The smallest absolute Gasteiger partial charge is 0.0306 e. The van der Waals surface area contributed by atoms with Crippen LogP contribution in [0, 0.1) is 0 Å². The van der Waals surface area contributed by atoms with Crippen LogP contribution in [0.1, 0.15) is 59.8 Å². The van der Waals surface area contributed by atoms with Crippen molar-refractivity contribution in [3.63, 3.8) is 0 Å². The molecule has 0 aliphatic carbocycles. The number of likely N-dealkylation sites (tertiary alicyclic amines) is 1. The van der Waals surface area contributed by atoms with E-state index >= 15 is 0 Å². The highest BCUT2D eigenvalue weighted by atomic mass is 15.2. The summed E-state index contributed by atoms with van der Waals surface area (Å²) >= 11 is 0. The van der Waals surface area contributed by atoms with Crippen LogP contribution in [0.15, 0.2) is 0 Å². The van der Waals surface area contributed by atoms with Gasteiger partial charge in [0.15, 0.2) is 0 Å². The summed E-state index contributed by atoms with van der Waals surface area (Å²) in [6.07, 6.45) is 6.57. The Morgan fingerprint density at radius 1 is 1.12 bits per heavy atom. The molecule has 2 nitrogen and oxygen atoms in total. The number of rotatable bonds is 7. The molecule has 0 spiro atoms. The molecule has 2 heteroatoms. The minimum atomic E-state index is 0.321. The first-order valence-corrected chi connectivity index (χ1v) is 7.11. The Labute approximate surface area is 102 Å². The fraction of sp³-hybridized carbons (Fsp3) is 1.00. The SMILES string of the molecule is CCCNC(CCC)C(C)(C)N1CCCC1. The molecule has 1 aliphatic heterocycles. The van der Waals surface area contributed by atoms with Gasteiger partial charge in [-0.05, 0) is 59.2 Å². The third-order valence-corrected chi connectivity index (χ3v) is 3.99. The van der Waals surface area contributed by atoms with Crippen molar-refractivity contribution in [2.45, 2.75) is 71.4 Å². The zero-order chi connectivity index (χ0) is 12.0. The molecule has 1 N–H and O–H groups in total. The number of nitrogens with zero attached hydrogens (tertiary/aromatic N) is 1. The van der Waals surface area contributed by atoms with E-state index < -0.39 is 0 Å². The second-order valence-electron chi connectivity index (χ2n) is 5.64. The highest BCUT2D eigenvalue weighted by Crippen LogP contribution is 2.26. The molecule has 1 fully saturated rings. The van der Waals surface area contributed by atoms with Gasteiger partial charge in [0.1, 0.15) is 0 Å². The fourth-order valence-corrected chi connectivity index (χ4v) is 2.83. The lowest BCUT2D eigenvalue weighted by atomic mass is 9.89. The van der Waals surface area contributed by atoms with Gasteiger partial charge in [-0.1, -0.05) is 20.3 Å². The Morgan fingerprint density at radius 2 is 1.75 bits per heavy atom. The first-order chi connectivity index (χ1) is 7.62. The first-order valence-electron chi connectivity index (χ1n) is 7.11. The standard InChI is InChI=1S/C14H30N2/c1-5-9-13(15-10-6-2)14(3,4)16-11-7-8-12-16/h13,15H,5-12H2,1-4H3. The maximum Gasteiger partial charge on any atom is 0.0306 e. The highest BCUT2D eigenvalue weighted by Gasteiger charge is 2.35. The van der Waals surface area contributed by atoms with E-state index in [-0.39, 0.29) is 0 Å². The number of hydrogen-bond acceptors (Lipinski definition) is 2. The average molecular weight is 226 g/mol. The Bertz CT molecular complexity index is 183. The van der Waals surface area contributed by atoms with Crippen molar-refractivity contribution in [2.24, 2.45) is 0 Å². The lowest BCUT2D eigenvalue weighted by molar-refractivity contribution is 0.102. The molecule has 1 heterocycles. The van der Waals surface area contributed by atoms with Crippen LogP contribution in [0.4, 0.5) is 0 Å². The molecule has 1 unspecified atom stereocenters. The molecule has 0 saturated carbocycles. The van der Waals surface area contributed by atoms with Crippen molar-refractivity contribution in [3.8, 4) is 0 Å². The molecule has 1 saturated heterocycles. The van der Waals surface area contributed by atoms with E-state index in [1.54, 1.807) is 0 Å². The van der Waals surface area contributed by atoms with Crippen LogP contribution >= 0.6 is 0 Å². The highest BCUT2D eigenvalue weighted by molar-refractivity contribution is 4.94. The Kier molecular flexibility index (Phi) is 5.77. The number of hydrogen-bond donors (Lipinski definition) is 1. The van der Waals surface area contributed by atoms with Gasteiger partial charge in [0.25, 0.3) is 0 Å². The third-order valence-electron chi connectivity index (χ3n) is 3.99. The largest absolute Gasteiger partial charge is 0.312 e. The summed E-state index contributed by atoms with van der Waals surface area (Å²) < 4.78 is 0. The minimum Gasteiger partial charge on any atom is -0.312 e. The molecule has 0 aromatic carbocycles. The van der Waals surface area contributed by atoms with Crippen molar-refractivity contribution in [3.05, 3.63) is 0 Å². The summed E-state index contributed by atoms with van der Waals surface area (Å²) in [6, 6.07) is 0.649. The van der Waals surface area contributed by atoms with Gasteiger partial charge in [-0.15, -0.1) is 0 Å². The van der Waals surface area contributed by atoms with Gasteiger partial charge >= 0.3 is 0 Å². The summed E-state index contributed by atoms with van der Waals surface area (Å²) in [5.74, 6) is 0. The summed E-state index contributed by atoms with van der Waals surface area (Å²) in [5.41, 5.74) is 0.321. The summed E-state index contributed by atoms with van der Waals surface area (Å²) in [7, 11) is 0. The molecule has 1 rings (SSSR count). The Balaban J connectivity index is 2.57. The molecule has 16 heavy (non-hydrogen) atoms. The molecule has 0 bridgehead atoms. The maximum absolute atomic E-state index is 3.75. The first kappa shape index (κ1) is 14.0. The second-order valence-corrected chi connectivity index (χ2v) is 5.64. The van der Waals surface area contributed by atoms with Crippen molar-refractivity contribution in [2.75, 3.05) is 19.6 Å². The fourth-order valence-electron chi connectivity index (χ4n) is 2.83. The van der Waals surface area contributed by atoms with Crippen LogP contribution in [0.25, 0.3) is 0 Å². The molecule has 0 aromatic rings.